The first kappa shape index (κ1) is 14.8. The third-order valence-electron chi connectivity index (χ3n) is 4.23. The predicted octanol–water partition coefficient (Wildman–Crippen LogP) is 1.86. The van der Waals surface area contributed by atoms with Gasteiger partial charge in [-0.15, -0.1) is 0 Å². The average Bonchev–Trinajstić information content (AvgIpc) is 2.58. The SMILES string of the molecule is Nc1ncc2c(n1)CCN(Cc1coc3ccc(F)cc3c1=O)C2. The molecule has 3 aromatic rings. The summed E-state index contributed by atoms with van der Waals surface area (Å²) in [7, 11) is 0. The highest BCUT2D eigenvalue weighted by Gasteiger charge is 2.20. The van der Waals surface area contributed by atoms with Crippen molar-refractivity contribution in [2.24, 2.45) is 0 Å². The highest BCUT2D eigenvalue weighted by atomic mass is 19.1. The van der Waals surface area contributed by atoms with Crippen molar-refractivity contribution in [2.45, 2.75) is 19.5 Å². The summed E-state index contributed by atoms with van der Waals surface area (Å²) in [6.07, 6.45) is 3.93. The largest absolute Gasteiger partial charge is 0.464 e. The van der Waals surface area contributed by atoms with Crippen LogP contribution in [0.4, 0.5) is 10.3 Å². The third-order valence-corrected chi connectivity index (χ3v) is 4.23. The molecule has 0 amide bonds. The number of benzene rings is 1. The molecular formula is C17H15FN4O2. The Morgan fingerprint density at radius 2 is 2.25 bits per heavy atom. The van der Waals surface area contributed by atoms with Crippen LogP contribution in [0.15, 0.2) is 39.9 Å². The van der Waals surface area contributed by atoms with E-state index < -0.39 is 5.82 Å². The van der Waals surface area contributed by atoms with E-state index in [2.05, 4.69) is 14.9 Å². The third kappa shape index (κ3) is 2.63. The van der Waals surface area contributed by atoms with Crippen molar-refractivity contribution in [3.8, 4) is 0 Å². The maximum Gasteiger partial charge on any atom is 0.220 e. The van der Waals surface area contributed by atoms with Crippen LogP contribution in [0.1, 0.15) is 16.8 Å². The van der Waals surface area contributed by atoms with Crippen LogP contribution in [-0.2, 0) is 19.5 Å². The van der Waals surface area contributed by atoms with Crippen LogP contribution in [0.2, 0.25) is 0 Å². The Balaban J connectivity index is 1.62. The molecule has 3 heterocycles. The van der Waals surface area contributed by atoms with Gasteiger partial charge in [0.2, 0.25) is 5.95 Å². The zero-order chi connectivity index (χ0) is 16.7. The first-order valence-electron chi connectivity index (χ1n) is 7.63. The molecule has 0 saturated heterocycles. The van der Waals surface area contributed by atoms with E-state index >= 15 is 0 Å². The molecule has 0 bridgehead atoms. The summed E-state index contributed by atoms with van der Waals surface area (Å²) >= 11 is 0. The summed E-state index contributed by atoms with van der Waals surface area (Å²) in [5.41, 5.74) is 8.26. The minimum absolute atomic E-state index is 0.199. The summed E-state index contributed by atoms with van der Waals surface area (Å²) < 4.78 is 18.9. The molecule has 4 rings (SSSR count). The lowest BCUT2D eigenvalue weighted by Gasteiger charge is -2.27. The quantitative estimate of drug-likeness (QED) is 0.774. The van der Waals surface area contributed by atoms with Crippen LogP contribution in [0, 0.1) is 5.82 Å². The molecule has 0 aliphatic carbocycles. The lowest BCUT2D eigenvalue weighted by molar-refractivity contribution is 0.240. The monoisotopic (exact) mass is 326 g/mol. The molecule has 7 heteroatoms. The van der Waals surface area contributed by atoms with E-state index in [-0.39, 0.29) is 16.8 Å². The zero-order valence-corrected chi connectivity index (χ0v) is 12.8. The van der Waals surface area contributed by atoms with Gasteiger partial charge in [-0.2, -0.15) is 0 Å². The van der Waals surface area contributed by atoms with E-state index in [1.165, 1.54) is 24.5 Å². The van der Waals surface area contributed by atoms with Gasteiger partial charge in [0.15, 0.2) is 5.43 Å². The second-order valence-corrected chi connectivity index (χ2v) is 5.89. The van der Waals surface area contributed by atoms with Crippen molar-refractivity contribution >= 4 is 16.9 Å². The molecule has 1 aliphatic rings. The van der Waals surface area contributed by atoms with Gasteiger partial charge in [0.1, 0.15) is 11.4 Å². The van der Waals surface area contributed by atoms with Crippen LogP contribution in [0.3, 0.4) is 0 Å². The molecule has 1 aliphatic heterocycles. The number of halogens is 1. The molecule has 0 fully saturated rings. The number of fused-ring (bicyclic) bond motifs is 2. The first-order chi connectivity index (χ1) is 11.6. The zero-order valence-electron chi connectivity index (χ0n) is 12.8. The molecule has 0 radical (unpaired) electrons. The van der Waals surface area contributed by atoms with Gasteiger partial charge < -0.3 is 10.2 Å². The minimum atomic E-state index is -0.450. The molecular weight excluding hydrogens is 311 g/mol. The molecule has 2 aromatic heterocycles. The van der Waals surface area contributed by atoms with Gasteiger partial charge in [0, 0.05) is 43.4 Å². The summed E-state index contributed by atoms with van der Waals surface area (Å²) in [6, 6.07) is 3.96. The predicted molar refractivity (Wildman–Crippen MR) is 86.7 cm³/mol. The molecule has 122 valence electrons. The molecule has 6 nitrogen and oxygen atoms in total. The summed E-state index contributed by atoms with van der Waals surface area (Å²) in [5.74, 6) is -0.173. The molecule has 2 N–H and O–H groups in total. The van der Waals surface area contributed by atoms with E-state index in [1.807, 2.05) is 0 Å². The second kappa shape index (κ2) is 5.68. The Hall–Kier alpha value is -2.80. The Labute approximate surface area is 136 Å². The average molecular weight is 326 g/mol. The fraction of sp³-hybridized carbons (Fsp3) is 0.235. The van der Waals surface area contributed by atoms with Gasteiger partial charge in [0.05, 0.1) is 17.3 Å². The molecule has 0 unspecified atom stereocenters. The fourth-order valence-corrected chi connectivity index (χ4v) is 3.02. The van der Waals surface area contributed by atoms with Gasteiger partial charge in [-0.25, -0.2) is 14.4 Å². The highest BCUT2D eigenvalue weighted by molar-refractivity contribution is 5.76. The van der Waals surface area contributed by atoms with Crippen LogP contribution >= 0.6 is 0 Å². The molecule has 0 atom stereocenters. The lowest BCUT2D eigenvalue weighted by atomic mass is 10.1. The Morgan fingerprint density at radius 3 is 3.12 bits per heavy atom. The Morgan fingerprint density at radius 1 is 1.38 bits per heavy atom. The lowest BCUT2D eigenvalue weighted by Crippen LogP contribution is -2.32. The standard InChI is InChI=1S/C17H15FN4O2/c18-12-1-2-15-13(5-12)16(23)11(9-24-15)8-22-4-3-14-10(7-22)6-20-17(19)21-14/h1-2,5-6,9H,3-4,7-8H2,(H2,19,20,21). The van der Waals surface area contributed by atoms with Gasteiger partial charge in [-0.05, 0) is 18.2 Å². The highest BCUT2D eigenvalue weighted by Crippen LogP contribution is 2.19. The van der Waals surface area contributed by atoms with Crippen molar-refractivity contribution < 1.29 is 8.81 Å². The number of hydrogen-bond donors (Lipinski definition) is 1. The molecule has 24 heavy (non-hydrogen) atoms. The van der Waals surface area contributed by atoms with Crippen molar-refractivity contribution in [1.29, 1.82) is 0 Å². The number of nitrogens with two attached hydrogens (primary N) is 1. The van der Waals surface area contributed by atoms with Crippen molar-refractivity contribution in [1.82, 2.24) is 14.9 Å². The normalized spacial score (nSPS) is 14.7. The van der Waals surface area contributed by atoms with E-state index in [1.54, 1.807) is 6.20 Å². The summed E-state index contributed by atoms with van der Waals surface area (Å²) in [5, 5.41) is 0.265. The minimum Gasteiger partial charge on any atom is -0.464 e. The number of nitrogens with zero attached hydrogens (tertiary/aromatic N) is 3. The van der Waals surface area contributed by atoms with Gasteiger partial charge in [-0.3, -0.25) is 9.69 Å². The van der Waals surface area contributed by atoms with Gasteiger partial charge >= 0.3 is 0 Å². The maximum absolute atomic E-state index is 13.4. The molecule has 1 aromatic carbocycles. The van der Waals surface area contributed by atoms with E-state index in [0.29, 0.717) is 24.2 Å². The van der Waals surface area contributed by atoms with Crippen molar-refractivity contribution in [2.75, 3.05) is 12.3 Å². The smallest absolute Gasteiger partial charge is 0.220 e. The van der Waals surface area contributed by atoms with Crippen molar-refractivity contribution in [3.63, 3.8) is 0 Å². The van der Waals surface area contributed by atoms with Crippen LogP contribution < -0.4 is 11.2 Å². The number of anilines is 1. The number of aromatic nitrogens is 2. The Bertz CT molecular complexity index is 986. The van der Waals surface area contributed by atoms with Gasteiger partial charge in [0.25, 0.3) is 0 Å². The van der Waals surface area contributed by atoms with Crippen LogP contribution in [0.5, 0.6) is 0 Å². The fourth-order valence-electron chi connectivity index (χ4n) is 3.02. The van der Waals surface area contributed by atoms with Crippen molar-refractivity contribution in [3.05, 3.63) is 63.5 Å². The maximum atomic E-state index is 13.4. The number of nitrogen functional groups attached to an aromatic ring is 1. The topological polar surface area (TPSA) is 85.2 Å². The number of hydrogen-bond acceptors (Lipinski definition) is 6. The first-order valence-corrected chi connectivity index (χ1v) is 7.63. The van der Waals surface area contributed by atoms with Crippen LogP contribution in [0.25, 0.3) is 11.0 Å². The Kier molecular flexibility index (Phi) is 3.50. The van der Waals surface area contributed by atoms with E-state index in [4.69, 9.17) is 10.2 Å². The van der Waals surface area contributed by atoms with Crippen LogP contribution in [-0.4, -0.2) is 21.4 Å². The summed E-state index contributed by atoms with van der Waals surface area (Å²) in [4.78, 5) is 22.9. The van der Waals surface area contributed by atoms with E-state index in [0.717, 1.165) is 24.2 Å². The molecule has 0 saturated carbocycles. The van der Waals surface area contributed by atoms with E-state index in [9.17, 15) is 9.18 Å². The number of rotatable bonds is 2. The second-order valence-electron chi connectivity index (χ2n) is 5.89. The van der Waals surface area contributed by atoms with Gasteiger partial charge in [-0.1, -0.05) is 0 Å². The molecule has 0 spiro atoms. The summed E-state index contributed by atoms with van der Waals surface area (Å²) in [6.45, 7) is 1.82.